The van der Waals surface area contributed by atoms with Crippen LogP contribution in [0.2, 0.25) is 5.02 Å². The van der Waals surface area contributed by atoms with Crippen molar-refractivity contribution in [3.63, 3.8) is 0 Å². The fraction of sp³-hybridized carbons (Fsp3) is 0.538. The molecule has 0 radical (unpaired) electrons. The molecule has 0 amide bonds. The maximum atomic E-state index is 6.00. The predicted octanol–water partition coefficient (Wildman–Crippen LogP) is 3.21. The lowest BCUT2D eigenvalue weighted by Crippen LogP contribution is -2.28. The summed E-state index contributed by atoms with van der Waals surface area (Å²) in [5, 5.41) is 4.17. The number of piperidine rings is 1. The van der Waals surface area contributed by atoms with Crippen molar-refractivity contribution in [2.24, 2.45) is 0 Å². The molecule has 1 unspecified atom stereocenters. The molecule has 1 aliphatic heterocycles. The highest BCUT2D eigenvalue weighted by Crippen LogP contribution is 2.33. The molecule has 0 spiro atoms. The fourth-order valence-electron chi connectivity index (χ4n) is 2.24. The molecular formula is C13H18ClNO. The van der Waals surface area contributed by atoms with E-state index in [1.54, 1.807) is 0 Å². The Morgan fingerprint density at radius 3 is 3.06 bits per heavy atom. The number of ether oxygens (including phenoxy) is 1. The molecule has 0 aliphatic carbocycles. The molecule has 0 bridgehead atoms. The van der Waals surface area contributed by atoms with Gasteiger partial charge in [0.15, 0.2) is 0 Å². The van der Waals surface area contributed by atoms with E-state index in [2.05, 4.69) is 11.4 Å². The third-order valence-electron chi connectivity index (χ3n) is 3.01. The molecular weight excluding hydrogens is 222 g/mol. The molecule has 2 nitrogen and oxygen atoms in total. The second kappa shape index (κ2) is 5.55. The van der Waals surface area contributed by atoms with Crippen LogP contribution in [-0.2, 0) is 0 Å². The van der Waals surface area contributed by atoms with Crippen molar-refractivity contribution in [2.75, 3.05) is 19.7 Å². The van der Waals surface area contributed by atoms with E-state index in [1.165, 1.54) is 18.4 Å². The number of rotatable bonds is 3. The maximum Gasteiger partial charge on any atom is 0.124 e. The predicted molar refractivity (Wildman–Crippen MR) is 67.5 cm³/mol. The standard InChI is InChI=1S/C13H18ClNO/c1-2-16-13-8-11(14)5-6-12(13)10-4-3-7-15-9-10/h5-6,8,10,15H,2-4,7,9H2,1H3. The Kier molecular flexibility index (Phi) is 4.08. The minimum atomic E-state index is 0.563. The average Bonchev–Trinajstić information content (AvgIpc) is 2.31. The van der Waals surface area contributed by atoms with Crippen LogP contribution in [0.15, 0.2) is 18.2 Å². The van der Waals surface area contributed by atoms with Crippen LogP contribution in [0.4, 0.5) is 0 Å². The fourth-order valence-corrected chi connectivity index (χ4v) is 2.41. The number of halogens is 1. The van der Waals surface area contributed by atoms with E-state index in [4.69, 9.17) is 16.3 Å². The van der Waals surface area contributed by atoms with Crippen LogP contribution in [0.1, 0.15) is 31.2 Å². The van der Waals surface area contributed by atoms with Crippen LogP contribution >= 0.6 is 11.6 Å². The van der Waals surface area contributed by atoms with Gasteiger partial charge < -0.3 is 10.1 Å². The highest BCUT2D eigenvalue weighted by molar-refractivity contribution is 6.30. The van der Waals surface area contributed by atoms with E-state index < -0.39 is 0 Å². The zero-order valence-corrected chi connectivity index (χ0v) is 10.4. The molecule has 1 aromatic carbocycles. The monoisotopic (exact) mass is 239 g/mol. The molecule has 88 valence electrons. The Balaban J connectivity index is 2.23. The molecule has 1 heterocycles. The summed E-state index contributed by atoms with van der Waals surface area (Å²) in [6, 6.07) is 5.98. The number of hydrogen-bond donors (Lipinski definition) is 1. The van der Waals surface area contributed by atoms with Crippen molar-refractivity contribution < 1.29 is 4.74 Å². The van der Waals surface area contributed by atoms with Gasteiger partial charge in [-0.2, -0.15) is 0 Å². The molecule has 0 aromatic heterocycles. The maximum absolute atomic E-state index is 6.00. The van der Waals surface area contributed by atoms with E-state index in [-0.39, 0.29) is 0 Å². The van der Waals surface area contributed by atoms with Gasteiger partial charge in [0.05, 0.1) is 6.61 Å². The Morgan fingerprint density at radius 2 is 2.38 bits per heavy atom. The third-order valence-corrected chi connectivity index (χ3v) is 3.25. The SMILES string of the molecule is CCOc1cc(Cl)ccc1C1CCCNC1. The second-order valence-corrected chi connectivity index (χ2v) is 4.59. The highest BCUT2D eigenvalue weighted by atomic mass is 35.5. The zero-order chi connectivity index (χ0) is 11.4. The van der Waals surface area contributed by atoms with E-state index in [0.29, 0.717) is 12.5 Å². The zero-order valence-electron chi connectivity index (χ0n) is 9.63. The second-order valence-electron chi connectivity index (χ2n) is 4.16. The van der Waals surface area contributed by atoms with Gasteiger partial charge in [0.25, 0.3) is 0 Å². The molecule has 1 aliphatic rings. The lowest BCUT2D eigenvalue weighted by molar-refractivity contribution is 0.330. The first-order chi connectivity index (χ1) is 7.81. The van der Waals surface area contributed by atoms with Gasteiger partial charge in [-0.05, 0) is 44.0 Å². The van der Waals surface area contributed by atoms with Crippen LogP contribution in [0.5, 0.6) is 5.75 Å². The van der Waals surface area contributed by atoms with Gasteiger partial charge in [-0.3, -0.25) is 0 Å². The lowest BCUT2D eigenvalue weighted by atomic mass is 9.91. The quantitative estimate of drug-likeness (QED) is 0.875. The van der Waals surface area contributed by atoms with Crippen LogP contribution in [-0.4, -0.2) is 19.7 Å². The van der Waals surface area contributed by atoms with Gasteiger partial charge in [0.2, 0.25) is 0 Å². The number of benzene rings is 1. The molecule has 1 N–H and O–H groups in total. The van der Waals surface area contributed by atoms with Gasteiger partial charge in [0, 0.05) is 17.5 Å². The Hall–Kier alpha value is -0.730. The summed E-state index contributed by atoms with van der Waals surface area (Å²) >= 11 is 6.00. The van der Waals surface area contributed by atoms with Crippen molar-refractivity contribution >= 4 is 11.6 Å². The lowest BCUT2D eigenvalue weighted by Gasteiger charge is -2.25. The van der Waals surface area contributed by atoms with Crippen LogP contribution in [0.3, 0.4) is 0 Å². The normalized spacial score (nSPS) is 20.8. The van der Waals surface area contributed by atoms with Gasteiger partial charge in [-0.15, -0.1) is 0 Å². The van der Waals surface area contributed by atoms with Crippen LogP contribution in [0.25, 0.3) is 0 Å². The van der Waals surface area contributed by atoms with Gasteiger partial charge in [-0.1, -0.05) is 17.7 Å². The summed E-state index contributed by atoms with van der Waals surface area (Å²) in [5.74, 6) is 1.51. The van der Waals surface area contributed by atoms with Gasteiger partial charge >= 0.3 is 0 Å². The van der Waals surface area contributed by atoms with Gasteiger partial charge in [0.1, 0.15) is 5.75 Å². The first-order valence-corrected chi connectivity index (χ1v) is 6.32. The molecule has 2 rings (SSSR count). The third kappa shape index (κ3) is 2.69. The van der Waals surface area contributed by atoms with Crippen molar-refractivity contribution in [1.29, 1.82) is 0 Å². The minimum absolute atomic E-state index is 0.563. The van der Waals surface area contributed by atoms with E-state index in [9.17, 15) is 0 Å². The Labute approximate surface area is 102 Å². The molecule has 3 heteroatoms. The van der Waals surface area contributed by atoms with Crippen molar-refractivity contribution in [3.05, 3.63) is 28.8 Å². The smallest absolute Gasteiger partial charge is 0.124 e. The van der Waals surface area contributed by atoms with E-state index in [1.807, 2.05) is 19.1 Å². The Bertz CT molecular complexity index is 348. The van der Waals surface area contributed by atoms with Crippen molar-refractivity contribution in [1.82, 2.24) is 5.32 Å². The molecule has 1 saturated heterocycles. The summed E-state index contributed by atoms with van der Waals surface area (Å²) in [7, 11) is 0. The molecule has 1 atom stereocenters. The first kappa shape index (κ1) is 11.7. The van der Waals surface area contributed by atoms with Crippen LogP contribution < -0.4 is 10.1 Å². The number of nitrogens with one attached hydrogen (secondary N) is 1. The topological polar surface area (TPSA) is 21.3 Å². The number of hydrogen-bond acceptors (Lipinski definition) is 2. The summed E-state index contributed by atoms with van der Waals surface area (Å²) < 4.78 is 5.66. The van der Waals surface area contributed by atoms with Crippen LogP contribution in [0, 0.1) is 0 Å². The van der Waals surface area contributed by atoms with Crippen molar-refractivity contribution in [3.8, 4) is 5.75 Å². The Morgan fingerprint density at radius 1 is 1.50 bits per heavy atom. The average molecular weight is 240 g/mol. The molecule has 1 aromatic rings. The van der Waals surface area contributed by atoms with E-state index in [0.717, 1.165) is 23.9 Å². The van der Waals surface area contributed by atoms with Gasteiger partial charge in [-0.25, -0.2) is 0 Å². The minimum Gasteiger partial charge on any atom is -0.494 e. The van der Waals surface area contributed by atoms with Crippen molar-refractivity contribution in [2.45, 2.75) is 25.7 Å². The molecule has 0 saturated carbocycles. The van der Waals surface area contributed by atoms with E-state index >= 15 is 0 Å². The largest absolute Gasteiger partial charge is 0.494 e. The summed E-state index contributed by atoms with van der Waals surface area (Å²) in [5.41, 5.74) is 1.29. The first-order valence-electron chi connectivity index (χ1n) is 5.94. The summed E-state index contributed by atoms with van der Waals surface area (Å²) in [4.78, 5) is 0. The highest BCUT2D eigenvalue weighted by Gasteiger charge is 2.18. The summed E-state index contributed by atoms with van der Waals surface area (Å²) in [6.07, 6.45) is 2.47. The summed E-state index contributed by atoms with van der Waals surface area (Å²) in [6.45, 7) is 4.87. The molecule has 16 heavy (non-hydrogen) atoms. The molecule has 1 fully saturated rings.